The fraction of sp³-hybridized carbons (Fsp3) is 0.304. The van der Waals surface area contributed by atoms with E-state index in [1.807, 2.05) is 18.2 Å². The van der Waals surface area contributed by atoms with Gasteiger partial charge in [-0.25, -0.2) is 14.2 Å². The molecule has 0 amide bonds. The van der Waals surface area contributed by atoms with Crippen LogP contribution in [0, 0.1) is 4.78 Å². The van der Waals surface area contributed by atoms with Crippen LogP contribution >= 0.6 is 0 Å². The number of thiol groups is 1. The van der Waals surface area contributed by atoms with Gasteiger partial charge in [0.15, 0.2) is 17.3 Å². The predicted molar refractivity (Wildman–Crippen MR) is 118 cm³/mol. The molecule has 3 aromatic rings. The fourth-order valence-electron chi connectivity index (χ4n) is 4.23. The number of rotatable bonds is 5. The Balaban J connectivity index is 1.30. The maximum absolute atomic E-state index is 11.2. The summed E-state index contributed by atoms with van der Waals surface area (Å²) in [6.07, 6.45) is 5.24. The minimum atomic E-state index is -2.16. The molecule has 2 aliphatic rings. The van der Waals surface area contributed by atoms with Gasteiger partial charge >= 0.3 is 0 Å². The molecule has 0 bridgehead atoms. The van der Waals surface area contributed by atoms with Crippen molar-refractivity contribution >= 4 is 10.6 Å². The van der Waals surface area contributed by atoms with E-state index in [0.717, 1.165) is 36.6 Å². The van der Waals surface area contributed by atoms with Crippen LogP contribution in [-0.2, 0) is 17.1 Å². The molecule has 31 heavy (non-hydrogen) atoms. The number of benzene rings is 2. The van der Waals surface area contributed by atoms with Crippen LogP contribution in [0.5, 0.6) is 11.5 Å². The van der Waals surface area contributed by atoms with E-state index in [1.165, 1.54) is 29.9 Å². The van der Waals surface area contributed by atoms with Gasteiger partial charge < -0.3 is 9.47 Å². The van der Waals surface area contributed by atoms with Crippen molar-refractivity contribution in [3.8, 4) is 22.9 Å². The molecule has 2 atom stereocenters. The van der Waals surface area contributed by atoms with Crippen LogP contribution in [0.1, 0.15) is 30.0 Å². The first kappa shape index (κ1) is 20.0. The monoisotopic (exact) mass is 436 g/mol. The molecule has 1 aromatic heterocycles. The molecular formula is C23H24N4O3S. The van der Waals surface area contributed by atoms with Crippen LogP contribution < -0.4 is 9.47 Å². The minimum absolute atomic E-state index is 0.342. The maximum atomic E-state index is 11.2. The molecule has 0 spiro atoms. The molecule has 0 radical (unpaired) electrons. The summed E-state index contributed by atoms with van der Waals surface area (Å²) in [6.45, 7) is 3.15. The van der Waals surface area contributed by atoms with Gasteiger partial charge in [0.1, 0.15) is 13.2 Å². The number of fused-ring (bicyclic) bond motifs is 1. The van der Waals surface area contributed by atoms with Crippen molar-refractivity contribution in [1.29, 1.82) is 4.78 Å². The molecule has 1 N–H and O–H groups in total. The summed E-state index contributed by atoms with van der Waals surface area (Å²) in [5, 5.41) is 0. The second kappa shape index (κ2) is 8.64. The van der Waals surface area contributed by atoms with Crippen molar-refractivity contribution < 1.29 is 13.7 Å². The third kappa shape index (κ3) is 4.26. The quantitative estimate of drug-likeness (QED) is 0.591. The molecule has 160 valence electrons. The zero-order chi connectivity index (χ0) is 21.2. The second-order valence-electron chi connectivity index (χ2n) is 7.79. The van der Waals surface area contributed by atoms with Gasteiger partial charge in [0, 0.05) is 30.5 Å². The molecule has 2 unspecified atom stereocenters. The van der Waals surface area contributed by atoms with Crippen LogP contribution in [-0.4, -0.2) is 38.8 Å². The Hall–Kier alpha value is -2.97. The summed E-state index contributed by atoms with van der Waals surface area (Å²) in [5.74, 6) is 2.25. The van der Waals surface area contributed by atoms with Crippen molar-refractivity contribution in [1.82, 2.24) is 14.9 Å². The van der Waals surface area contributed by atoms with E-state index in [1.54, 1.807) is 0 Å². The maximum Gasteiger partial charge on any atom is 0.161 e. The minimum Gasteiger partial charge on any atom is -0.486 e. The summed E-state index contributed by atoms with van der Waals surface area (Å²) in [7, 11) is -2.16. The molecule has 3 heterocycles. The Labute approximate surface area is 183 Å². The topological polar surface area (TPSA) is 88.4 Å². The van der Waals surface area contributed by atoms with Crippen LogP contribution in [0.15, 0.2) is 59.8 Å². The van der Waals surface area contributed by atoms with E-state index >= 15 is 0 Å². The van der Waals surface area contributed by atoms with Crippen molar-refractivity contribution in [2.75, 3.05) is 19.8 Å². The van der Waals surface area contributed by atoms with Gasteiger partial charge in [-0.05, 0) is 42.6 Å². The number of ether oxygens (including phenoxy) is 2. The van der Waals surface area contributed by atoms with Gasteiger partial charge in [-0.3, -0.25) is 9.68 Å². The highest BCUT2D eigenvalue weighted by atomic mass is 32.2. The highest BCUT2D eigenvalue weighted by Gasteiger charge is 2.27. The molecule has 1 saturated heterocycles. The summed E-state index contributed by atoms with van der Waals surface area (Å²) in [5.41, 5.74) is 3.42. The number of aromatic nitrogens is 2. The van der Waals surface area contributed by atoms with Gasteiger partial charge in [-0.15, -0.1) is 0 Å². The Kier molecular flexibility index (Phi) is 5.57. The Morgan fingerprint density at radius 2 is 1.77 bits per heavy atom. The lowest BCUT2D eigenvalue weighted by atomic mass is 10.0. The van der Waals surface area contributed by atoms with E-state index in [4.69, 9.17) is 14.3 Å². The lowest BCUT2D eigenvalue weighted by Gasteiger charge is -2.26. The van der Waals surface area contributed by atoms with E-state index in [2.05, 4.69) is 39.1 Å². The molecule has 0 saturated carbocycles. The van der Waals surface area contributed by atoms with Crippen molar-refractivity contribution in [3.63, 3.8) is 0 Å². The Morgan fingerprint density at radius 1 is 1.03 bits per heavy atom. The zero-order valence-corrected chi connectivity index (χ0v) is 17.9. The lowest BCUT2D eigenvalue weighted by molar-refractivity contribution is 0.170. The normalized spacial score (nSPS) is 19.3. The van der Waals surface area contributed by atoms with E-state index in [0.29, 0.717) is 30.0 Å². The first-order valence-electron chi connectivity index (χ1n) is 10.4. The predicted octanol–water partition coefficient (Wildman–Crippen LogP) is 3.85. The Morgan fingerprint density at radius 3 is 2.52 bits per heavy atom. The first-order valence-corrected chi connectivity index (χ1v) is 11.7. The molecule has 2 aromatic carbocycles. The highest BCUT2D eigenvalue weighted by molar-refractivity contribution is 7.73. The first-order chi connectivity index (χ1) is 15.2. The second-order valence-corrected chi connectivity index (χ2v) is 8.89. The number of hydrogen-bond acceptors (Lipinski definition) is 7. The van der Waals surface area contributed by atoms with Gasteiger partial charge in [-0.1, -0.05) is 30.3 Å². The van der Waals surface area contributed by atoms with Crippen LogP contribution in [0.25, 0.3) is 11.4 Å². The third-order valence-electron chi connectivity index (χ3n) is 5.79. The summed E-state index contributed by atoms with van der Waals surface area (Å²) in [4.78, 5) is 11.3. The largest absolute Gasteiger partial charge is 0.486 e. The average Bonchev–Trinajstić information content (AvgIpc) is 3.27. The Bertz CT molecular complexity index is 1140. The number of nitrogens with zero attached hydrogens (tertiary/aromatic N) is 3. The molecule has 7 nitrogen and oxygen atoms in total. The van der Waals surface area contributed by atoms with E-state index in [9.17, 15) is 4.21 Å². The molecule has 0 aliphatic carbocycles. The molecule has 5 rings (SSSR count). The smallest absolute Gasteiger partial charge is 0.161 e. The summed E-state index contributed by atoms with van der Waals surface area (Å²) >= 11 is 0. The van der Waals surface area contributed by atoms with Crippen LogP contribution in [0.4, 0.5) is 0 Å². The van der Waals surface area contributed by atoms with Gasteiger partial charge in [0.25, 0.3) is 0 Å². The van der Waals surface area contributed by atoms with E-state index < -0.39 is 10.6 Å². The molecule has 8 heteroatoms. The number of hydrogen-bond donors (Lipinski definition) is 2. The summed E-state index contributed by atoms with van der Waals surface area (Å²) in [6, 6.07) is 14.9. The zero-order valence-electron chi connectivity index (χ0n) is 17.0. The standard InChI is InChI=1S/C23H24N4O3S/c24-31(28)19-13-25-23(26-14-19)17-5-3-16(4-6-17)15-27-9-1-2-20(27)18-7-8-21-22(12-18)30-11-10-29-21/h3-8,12-14,20,24,31H,1-2,9-11,15H2. The highest BCUT2D eigenvalue weighted by Crippen LogP contribution is 2.38. The third-order valence-corrected chi connectivity index (χ3v) is 6.49. The lowest BCUT2D eigenvalue weighted by Crippen LogP contribution is -2.23. The summed E-state index contributed by atoms with van der Waals surface area (Å²) < 4.78 is 29.9. The van der Waals surface area contributed by atoms with Crippen LogP contribution in [0.3, 0.4) is 0 Å². The van der Waals surface area contributed by atoms with E-state index in [-0.39, 0.29) is 0 Å². The fourth-order valence-corrected chi connectivity index (χ4v) is 4.55. The van der Waals surface area contributed by atoms with Crippen molar-refractivity contribution in [3.05, 3.63) is 66.0 Å². The van der Waals surface area contributed by atoms with Gasteiger partial charge in [0.2, 0.25) is 0 Å². The number of nitrogens with one attached hydrogen (secondary N) is 1. The SMILES string of the molecule is N=[SH](=O)c1cnc(-c2ccc(CN3CCCC3c3ccc4c(c3)OCCO4)cc2)nc1. The van der Waals surface area contributed by atoms with Crippen LogP contribution in [0.2, 0.25) is 0 Å². The molecule has 2 aliphatic heterocycles. The number of likely N-dealkylation sites (tertiary alicyclic amines) is 1. The average molecular weight is 437 g/mol. The van der Waals surface area contributed by atoms with Gasteiger partial charge in [0.05, 0.1) is 15.5 Å². The molecular weight excluding hydrogens is 412 g/mol. The van der Waals surface area contributed by atoms with Crippen molar-refractivity contribution in [2.45, 2.75) is 30.3 Å². The molecule has 1 fully saturated rings. The van der Waals surface area contributed by atoms with Crippen molar-refractivity contribution in [2.24, 2.45) is 0 Å². The van der Waals surface area contributed by atoms with Gasteiger partial charge in [-0.2, -0.15) is 0 Å².